The second kappa shape index (κ2) is 6.61. The number of carbonyl (C=O) groups is 1. The Morgan fingerprint density at radius 1 is 1.09 bits per heavy atom. The van der Waals surface area contributed by atoms with Crippen LogP contribution in [0.25, 0.3) is 0 Å². The van der Waals surface area contributed by atoms with Gasteiger partial charge in [-0.1, -0.05) is 0 Å². The van der Waals surface area contributed by atoms with E-state index in [-0.39, 0.29) is 10.8 Å². The average Bonchev–Trinajstić information content (AvgIpc) is 2.47. The van der Waals surface area contributed by atoms with E-state index in [1.165, 1.54) is 18.3 Å². The minimum absolute atomic E-state index is 0.0814. The molecule has 0 saturated heterocycles. The molecule has 4 N–H and O–H groups in total. The van der Waals surface area contributed by atoms with Crippen molar-refractivity contribution >= 4 is 34.6 Å². The first-order valence-electron chi connectivity index (χ1n) is 6.26. The molecule has 0 bridgehead atoms. The van der Waals surface area contributed by atoms with Crippen LogP contribution in [0.15, 0.2) is 42.7 Å². The number of rotatable bonds is 3. The Bertz CT molecular complexity index is 732. The quantitative estimate of drug-likeness (QED) is 0.749. The first kappa shape index (κ1) is 16.7. The second-order valence-corrected chi connectivity index (χ2v) is 4.89. The number of nitrogens with two attached hydrogens (primary N) is 1. The Labute approximate surface area is 134 Å². The van der Waals surface area contributed by atoms with Crippen molar-refractivity contribution in [2.75, 3.05) is 10.6 Å². The zero-order chi connectivity index (χ0) is 17.0. The number of primary amides is 1. The lowest BCUT2D eigenvalue weighted by Crippen LogP contribution is -2.20. The van der Waals surface area contributed by atoms with E-state index in [1.807, 2.05) is 0 Å². The number of aromatic nitrogens is 1. The monoisotopic (exact) mass is 340 g/mol. The van der Waals surface area contributed by atoms with Gasteiger partial charge >= 0.3 is 6.18 Å². The van der Waals surface area contributed by atoms with Crippen LogP contribution in [-0.2, 0) is 6.18 Å². The standard InChI is InChI=1S/C14H11F3N4OS/c15-14(16,17)9-5-11(7-19-6-9)21-13(23)20-10-3-1-8(2-4-10)12(18)22/h1-7H,(H2,18,22)(H2,20,21,23). The van der Waals surface area contributed by atoms with Gasteiger partial charge in [0.05, 0.1) is 17.4 Å². The highest BCUT2D eigenvalue weighted by Crippen LogP contribution is 2.29. The van der Waals surface area contributed by atoms with Gasteiger partial charge in [0, 0.05) is 17.4 Å². The molecule has 1 heterocycles. The number of benzene rings is 1. The number of alkyl halides is 3. The number of nitrogens with zero attached hydrogens (tertiary/aromatic N) is 1. The lowest BCUT2D eigenvalue weighted by Gasteiger charge is -2.12. The van der Waals surface area contributed by atoms with E-state index in [2.05, 4.69) is 15.6 Å². The summed E-state index contributed by atoms with van der Waals surface area (Å²) in [4.78, 5) is 14.5. The summed E-state index contributed by atoms with van der Waals surface area (Å²) in [7, 11) is 0. The fraction of sp³-hybridized carbons (Fsp3) is 0.0714. The maximum absolute atomic E-state index is 12.6. The van der Waals surface area contributed by atoms with Gasteiger partial charge in [0.15, 0.2) is 5.11 Å². The fourth-order valence-corrected chi connectivity index (χ4v) is 1.91. The van der Waals surface area contributed by atoms with E-state index in [4.69, 9.17) is 18.0 Å². The van der Waals surface area contributed by atoms with Crippen molar-refractivity contribution in [3.8, 4) is 0 Å². The Balaban J connectivity index is 2.03. The molecule has 0 fully saturated rings. The summed E-state index contributed by atoms with van der Waals surface area (Å²) in [5.74, 6) is -0.563. The third-order valence-corrected chi connectivity index (χ3v) is 2.95. The van der Waals surface area contributed by atoms with Crippen molar-refractivity contribution in [3.63, 3.8) is 0 Å². The largest absolute Gasteiger partial charge is 0.417 e. The Kier molecular flexibility index (Phi) is 4.80. The fourth-order valence-electron chi connectivity index (χ4n) is 1.67. The predicted octanol–water partition coefficient (Wildman–Crippen LogP) is 3.01. The molecule has 0 saturated carbocycles. The summed E-state index contributed by atoms with van der Waals surface area (Å²) >= 11 is 5.02. The van der Waals surface area contributed by atoms with E-state index >= 15 is 0 Å². The minimum Gasteiger partial charge on any atom is -0.366 e. The van der Waals surface area contributed by atoms with Gasteiger partial charge < -0.3 is 16.4 Å². The second-order valence-electron chi connectivity index (χ2n) is 4.48. The van der Waals surface area contributed by atoms with Crippen molar-refractivity contribution in [1.29, 1.82) is 0 Å². The van der Waals surface area contributed by atoms with Crippen molar-refractivity contribution in [2.45, 2.75) is 6.18 Å². The van der Waals surface area contributed by atoms with Crippen molar-refractivity contribution < 1.29 is 18.0 Å². The van der Waals surface area contributed by atoms with E-state index < -0.39 is 17.6 Å². The molecule has 5 nitrogen and oxygen atoms in total. The zero-order valence-corrected chi connectivity index (χ0v) is 12.3. The van der Waals surface area contributed by atoms with Crippen LogP contribution in [0.4, 0.5) is 24.5 Å². The van der Waals surface area contributed by atoms with Gasteiger partial charge in [-0.15, -0.1) is 0 Å². The number of nitrogens with one attached hydrogen (secondary N) is 2. The molecule has 0 atom stereocenters. The van der Waals surface area contributed by atoms with Gasteiger partial charge in [-0.2, -0.15) is 13.2 Å². The third-order valence-electron chi connectivity index (χ3n) is 2.75. The van der Waals surface area contributed by atoms with Crippen LogP contribution in [0, 0.1) is 0 Å². The maximum atomic E-state index is 12.6. The number of thiocarbonyl (C=S) groups is 1. The molecule has 0 radical (unpaired) electrons. The zero-order valence-electron chi connectivity index (χ0n) is 11.5. The normalized spacial score (nSPS) is 10.9. The van der Waals surface area contributed by atoms with E-state index in [9.17, 15) is 18.0 Å². The number of halogens is 3. The molecule has 0 aliphatic carbocycles. The SMILES string of the molecule is NC(=O)c1ccc(NC(=S)Nc2cncc(C(F)(F)F)c2)cc1. The van der Waals surface area contributed by atoms with Crippen LogP contribution in [0.5, 0.6) is 0 Å². The van der Waals surface area contributed by atoms with Gasteiger partial charge in [0.1, 0.15) is 0 Å². The van der Waals surface area contributed by atoms with Crippen LogP contribution < -0.4 is 16.4 Å². The van der Waals surface area contributed by atoms with Crippen LogP contribution in [-0.4, -0.2) is 16.0 Å². The maximum Gasteiger partial charge on any atom is 0.417 e. The lowest BCUT2D eigenvalue weighted by molar-refractivity contribution is -0.137. The molecule has 0 spiro atoms. The molecular weight excluding hydrogens is 329 g/mol. The number of amides is 1. The van der Waals surface area contributed by atoms with Crippen LogP contribution >= 0.6 is 12.2 Å². The molecule has 120 valence electrons. The van der Waals surface area contributed by atoms with Crippen molar-refractivity contribution in [2.24, 2.45) is 5.73 Å². The highest BCUT2D eigenvalue weighted by molar-refractivity contribution is 7.80. The molecule has 2 aromatic rings. The lowest BCUT2D eigenvalue weighted by atomic mass is 10.2. The molecule has 0 unspecified atom stereocenters. The van der Waals surface area contributed by atoms with Crippen LogP contribution in [0.2, 0.25) is 0 Å². The van der Waals surface area contributed by atoms with Gasteiger partial charge in [-0.25, -0.2) is 0 Å². The number of hydrogen-bond donors (Lipinski definition) is 3. The molecule has 1 aromatic heterocycles. The molecule has 9 heteroatoms. The number of pyridine rings is 1. The van der Waals surface area contributed by atoms with E-state index in [1.54, 1.807) is 12.1 Å². The molecule has 1 aromatic carbocycles. The van der Waals surface area contributed by atoms with E-state index in [0.717, 1.165) is 12.3 Å². The Hall–Kier alpha value is -2.68. The molecule has 23 heavy (non-hydrogen) atoms. The number of carbonyl (C=O) groups excluding carboxylic acids is 1. The Morgan fingerprint density at radius 3 is 2.26 bits per heavy atom. The number of hydrogen-bond acceptors (Lipinski definition) is 3. The summed E-state index contributed by atoms with van der Waals surface area (Å²) in [6, 6.07) is 7.03. The summed E-state index contributed by atoms with van der Waals surface area (Å²) < 4.78 is 37.8. The summed E-state index contributed by atoms with van der Waals surface area (Å²) in [6.45, 7) is 0. The van der Waals surface area contributed by atoms with Crippen molar-refractivity contribution in [1.82, 2.24) is 4.98 Å². The minimum atomic E-state index is -4.48. The van der Waals surface area contributed by atoms with Gasteiger partial charge in [-0.3, -0.25) is 9.78 Å². The highest BCUT2D eigenvalue weighted by atomic mass is 32.1. The van der Waals surface area contributed by atoms with Gasteiger partial charge in [0.2, 0.25) is 5.91 Å². The molecule has 2 rings (SSSR count). The smallest absolute Gasteiger partial charge is 0.366 e. The summed E-state index contributed by atoms with van der Waals surface area (Å²) in [5, 5.41) is 5.46. The topological polar surface area (TPSA) is 80.0 Å². The number of anilines is 2. The molecular formula is C14H11F3N4OS. The van der Waals surface area contributed by atoms with Crippen LogP contribution in [0.3, 0.4) is 0 Å². The molecule has 1 amide bonds. The highest BCUT2D eigenvalue weighted by Gasteiger charge is 2.31. The molecule has 0 aliphatic rings. The van der Waals surface area contributed by atoms with E-state index in [0.29, 0.717) is 11.3 Å². The third kappa shape index (κ3) is 4.65. The first-order valence-corrected chi connectivity index (χ1v) is 6.66. The van der Waals surface area contributed by atoms with Crippen molar-refractivity contribution in [3.05, 3.63) is 53.9 Å². The van der Waals surface area contributed by atoms with Crippen LogP contribution in [0.1, 0.15) is 15.9 Å². The average molecular weight is 340 g/mol. The van der Waals surface area contributed by atoms with Gasteiger partial charge in [-0.05, 0) is 42.5 Å². The summed E-state index contributed by atoms with van der Waals surface area (Å²) in [5.41, 5.74) is 5.22. The summed E-state index contributed by atoms with van der Waals surface area (Å²) in [6.07, 6.45) is -2.53. The first-order chi connectivity index (χ1) is 10.8. The Morgan fingerprint density at radius 2 is 1.70 bits per heavy atom. The van der Waals surface area contributed by atoms with Gasteiger partial charge in [0.25, 0.3) is 0 Å². The molecule has 0 aliphatic heterocycles. The predicted molar refractivity (Wildman–Crippen MR) is 84.0 cm³/mol.